The maximum atomic E-state index is 14.2. The second-order valence-electron chi connectivity index (χ2n) is 11.5. The number of halogens is 1. The maximum Gasteiger partial charge on any atom is 0.238 e. The van der Waals surface area contributed by atoms with E-state index in [1.807, 2.05) is 30.3 Å². The number of imide groups is 1. The third kappa shape index (κ3) is 3.85. The van der Waals surface area contributed by atoms with E-state index in [9.17, 15) is 24.3 Å². The Labute approximate surface area is 259 Å². The van der Waals surface area contributed by atoms with Crippen molar-refractivity contribution in [2.45, 2.75) is 18.8 Å². The predicted octanol–water partition coefficient (Wildman–Crippen LogP) is 6.17. The second kappa shape index (κ2) is 9.82. The Kier molecular flexibility index (Phi) is 5.96. The normalized spacial score (nSPS) is 24.7. The first kappa shape index (κ1) is 26.7. The largest absolute Gasteiger partial charge is 0.508 e. The van der Waals surface area contributed by atoms with Crippen LogP contribution in [0.5, 0.6) is 5.75 Å². The number of phenols is 1. The minimum atomic E-state index is -0.714. The highest BCUT2D eigenvalue weighted by Gasteiger charge is 2.56. The number of oxazole rings is 1. The van der Waals surface area contributed by atoms with Gasteiger partial charge in [-0.2, -0.15) is 0 Å². The molecule has 4 aromatic rings. The molecule has 0 spiro atoms. The topological polar surface area (TPSA) is 118 Å². The first-order chi connectivity index (χ1) is 21.3. The van der Waals surface area contributed by atoms with Gasteiger partial charge in [0, 0.05) is 34.3 Å². The number of carbonyl (C=O) groups excluding carboxylic acids is 4. The van der Waals surface area contributed by atoms with Gasteiger partial charge in [-0.25, -0.2) is 4.98 Å². The molecule has 3 aliphatic carbocycles. The molecule has 1 saturated heterocycles. The van der Waals surface area contributed by atoms with Gasteiger partial charge in [-0.3, -0.25) is 24.1 Å². The lowest BCUT2D eigenvalue weighted by Crippen LogP contribution is -2.39. The summed E-state index contributed by atoms with van der Waals surface area (Å²) in [5, 5.41) is 10.9. The molecule has 2 amide bonds. The van der Waals surface area contributed by atoms with Gasteiger partial charge < -0.3 is 9.52 Å². The van der Waals surface area contributed by atoms with Gasteiger partial charge in [0.25, 0.3) is 0 Å². The first-order valence-corrected chi connectivity index (χ1v) is 15.1. The number of aromatic nitrogens is 1. The maximum absolute atomic E-state index is 14.2. The molecule has 0 bridgehead atoms. The van der Waals surface area contributed by atoms with Gasteiger partial charge in [-0.05, 0) is 77.2 Å². The number of amides is 2. The summed E-state index contributed by atoms with van der Waals surface area (Å²) in [4.78, 5) is 60.5. The SMILES string of the molecule is O=C1C=C(Br)C(=O)C2=C1[C@@H](c1ccccc1O)C1=CC[C@@H]3C(=O)N(c4ccc(-c5nc6ccccc6o5)cc4)C(=O)[C@@H]3[C@@H]1C2. The molecular formula is C35H23BrN2O6. The van der Waals surface area contributed by atoms with Gasteiger partial charge in [0.05, 0.1) is 22.0 Å². The second-order valence-corrected chi connectivity index (χ2v) is 12.4. The first-order valence-electron chi connectivity index (χ1n) is 14.3. The minimum absolute atomic E-state index is 0.00336. The molecule has 8 rings (SSSR count). The zero-order valence-electron chi connectivity index (χ0n) is 23.1. The number of nitrogens with zero attached hydrogens (tertiary/aromatic N) is 2. The highest BCUT2D eigenvalue weighted by Crippen LogP contribution is 2.56. The van der Waals surface area contributed by atoms with E-state index in [0.29, 0.717) is 45.9 Å². The van der Waals surface area contributed by atoms with Crippen LogP contribution in [-0.2, 0) is 19.2 Å². The Balaban J connectivity index is 1.17. The third-order valence-corrected chi connectivity index (χ3v) is 9.83. The zero-order valence-corrected chi connectivity index (χ0v) is 24.7. The molecule has 4 aliphatic rings. The number of anilines is 1. The van der Waals surface area contributed by atoms with Crippen LogP contribution in [-0.4, -0.2) is 33.5 Å². The quantitative estimate of drug-likeness (QED) is 0.161. The van der Waals surface area contributed by atoms with Crippen molar-refractivity contribution in [2.75, 3.05) is 4.90 Å². The number of carbonyl (C=O) groups is 4. The van der Waals surface area contributed by atoms with E-state index in [-0.39, 0.29) is 40.0 Å². The molecule has 1 aromatic heterocycles. The average Bonchev–Trinajstić information content (AvgIpc) is 3.58. The van der Waals surface area contributed by atoms with Gasteiger partial charge in [-0.15, -0.1) is 0 Å². The summed E-state index contributed by atoms with van der Waals surface area (Å²) in [6.07, 6.45) is 3.68. The number of hydrogen-bond donors (Lipinski definition) is 1. The summed E-state index contributed by atoms with van der Waals surface area (Å²) in [6.45, 7) is 0. The van der Waals surface area contributed by atoms with Gasteiger partial charge >= 0.3 is 0 Å². The van der Waals surface area contributed by atoms with Gasteiger partial charge in [0.1, 0.15) is 11.3 Å². The number of aromatic hydroxyl groups is 1. The molecule has 8 nitrogen and oxygen atoms in total. The molecule has 0 unspecified atom stereocenters. The number of allylic oxidation sites excluding steroid dienone is 6. The fourth-order valence-electron chi connectivity index (χ4n) is 7.30. The van der Waals surface area contributed by atoms with Crippen LogP contribution in [0.4, 0.5) is 5.69 Å². The Hall–Kier alpha value is -4.89. The van der Waals surface area contributed by atoms with E-state index >= 15 is 0 Å². The standard InChI is InChI=1S/C35H23BrN2O6/c36-24-16-27(40)31-23(32(24)41)15-22-19(29(31)20-5-1-3-7-26(20)39)13-14-21-30(22)35(43)38(34(21)42)18-11-9-17(10-12-18)33-37-25-6-2-4-8-28(25)44-33/h1-13,16,21-22,29-30,39H,14-15H2/t21-,22+,29+,30-/m0/s1. The molecule has 0 saturated carbocycles. The fraction of sp³-hybridized carbons (Fsp3) is 0.171. The summed E-state index contributed by atoms with van der Waals surface area (Å²) in [5.74, 6) is -3.34. The monoisotopic (exact) mass is 646 g/mol. The van der Waals surface area contributed by atoms with Gasteiger partial charge in [-0.1, -0.05) is 42.0 Å². The van der Waals surface area contributed by atoms with Crippen LogP contribution in [0, 0.1) is 17.8 Å². The highest BCUT2D eigenvalue weighted by molar-refractivity contribution is 9.12. The van der Waals surface area contributed by atoms with Crippen molar-refractivity contribution in [1.82, 2.24) is 4.98 Å². The summed E-state index contributed by atoms with van der Waals surface area (Å²) in [5.41, 5.74) is 4.47. The van der Waals surface area contributed by atoms with Crippen molar-refractivity contribution in [3.63, 3.8) is 0 Å². The van der Waals surface area contributed by atoms with Crippen LogP contribution in [0.2, 0.25) is 0 Å². The Morgan fingerprint density at radius 2 is 1.64 bits per heavy atom. The molecule has 1 N–H and O–H groups in total. The smallest absolute Gasteiger partial charge is 0.238 e. The lowest BCUT2D eigenvalue weighted by atomic mass is 9.59. The van der Waals surface area contributed by atoms with E-state index < -0.39 is 23.7 Å². The van der Waals surface area contributed by atoms with Crippen LogP contribution in [0.1, 0.15) is 24.3 Å². The summed E-state index contributed by atoms with van der Waals surface area (Å²) in [7, 11) is 0. The minimum Gasteiger partial charge on any atom is -0.508 e. The highest BCUT2D eigenvalue weighted by atomic mass is 79.9. The zero-order chi connectivity index (χ0) is 30.3. The predicted molar refractivity (Wildman–Crippen MR) is 165 cm³/mol. The molecule has 9 heteroatoms. The number of phenolic OH excluding ortho intramolecular Hbond substituents is 1. The molecule has 4 atom stereocenters. The van der Waals surface area contributed by atoms with Crippen molar-refractivity contribution in [3.05, 3.63) is 112 Å². The van der Waals surface area contributed by atoms with E-state index in [4.69, 9.17) is 4.42 Å². The number of hydrogen-bond acceptors (Lipinski definition) is 7. The lowest BCUT2D eigenvalue weighted by Gasteiger charge is -2.42. The van der Waals surface area contributed by atoms with Crippen molar-refractivity contribution in [3.8, 4) is 17.2 Å². The van der Waals surface area contributed by atoms with Gasteiger partial charge in [0.15, 0.2) is 17.1 Å². The van der Waals surface area contributed by atoms with Crippen LogP contribution >= 0.6 is 15.9 Å². The number of Topliss-reactive ketones (excluding diaryl/α,β-unsaturated/α-hetero) is 1. The summed E-state index contributed by atoms with van der Waals surface area (Å²) in [6, 6.07) is 21.2. The van der Waals surface area contributed by atoms with Gasteiger partial charge in [0.2, 0.25) is 17.7 Å². The number of ketones is 2. The van der Waals surface area contributed by atoms with Crippen LogP contribution in [0.3, 0.4) is 0 Å². The van der Waals surface area contributed by atoms with Crippen LogP contribution in [0.25, 0.3) is 22.6 Å². The van der Waals surface area contributed by atoms with Crippen LogP contribution in [0.15, 0.2) is 111 Å². The van der Waals surface area contributed by atoms with E-state index in [2.05, 4.69) is 20.9 Å². The van der Waals surface area contributed by atoms with E-state index in [1.165, 1.54) is 11.0 Å². The molecule has 44 heavy (non-hydrogen) atoms. The molecule has 1 fully saturated rings. The van der Waals surface area contributed by atoms with Crippen LogP contribution < -0.4 is 4.90 Å². The Morgan fingerprint density at radius 3 is 2.41 bits per heavy atom. The third-order valence-electron chi connectivity index (χ3n) is 9.25. The van der Waals surface area contributed by atoms with Crippen molar-refractivity contribution < 1.29 is 28.7 Å². The van der Waals surface area contributed by atoms with Crippen molar-refractivity contribution in [1.29, 1.82) is 0 Å². The average molecular weight is 647 g/mol. The fourth-order valence-corrected chi connectivity index (χ4v) is 7.74. The van der Waals surface area contributed by atoms with E-state index in [1.54, 1.807) is 48.5 Å². The molecule has 2 heterocycles. The summed E-state index contributed by atoms with van der Waals surface area (Å²) < 4.78 is 6.03. The molecule has 216 valence electrons. The molecule has 3 aromatic carbocycles. The van der Waals surface area contributed by atoms with Crippen molar-refractivity contribution in [2.24, 2.45) is 17.8 Å². The number of fused-ring (bicyclic) bond motifs is 4. The lowest BCUT2D eigenvalue weighted by molar-refractivity contribution is -0.123. The molecular weight excluding hydrogens is 624 g/mol. The summed E-state index contributed by atoms with van der Waals surface area (Å²) >= 11 is 3.24. The molecule has 1 aliphatic heterocycles. The Morgan fingerprint density at radius 1 is 0.886 bits per heavy atom. The number of para-hydroxylation sites is 3. The Bertz CT molecular complexity index is 2020. The number of benzene rings is 3. The molecule has 0 radical (unpaired) electrons. The number of rotatable bonds is 3. The van der Waals surface area contributed by atoms with E-state index in [0.717, 1.165) is 11.1 Å². The van der Waals surface area contributed by atoms with Crippen molar-refractivity contribution >= 4 is 56.1 Å².